The summed E-state index contributed by atoms with van der Waals surface area (Å²) >= 11 is -0.994. The molecule has 0 spiro atoms. The van der Waals surface area contributed by atoms with Gasteiger partial charge in [-0.15, -0.1) is 0 Å². The second-order valence-electron chi connectivity index (χ2n) is 11.5. The zero-order chi connectivity index (χ0) is 26.2. The SMILES string of the molecule is CCCCCCCCCCC=CCC[O][Al]([CH2]CCCCCCCCC)[CH2]CCCCCCCCC. The highest BCUT2D eigenvalue weighted by Gasteiger charge is 2.19. The number of rotatable bonds is 31. The van der Waals surface area contributed by atoms with Crippen LogP contribution in [0, 0.1) is 0 Å². The first-order valence-electron chi connectivity index (χ1n) is 17.1. The molecular weight excluding hydrogens is 451 g/mol. The molecule has 0 fully saturated rings. The van der Waals surface area contributed by atoms with Crippen molar-refractivity contribution in [1.29, 1.82) is 0 Å². The molecular formula is C34H69AlO. The second-order valence-corrected chi connectivity index (χ2v) is 14.3. The quantitative estimate of drug-likeness (QED) is 0.0501. The van der Waals surface area contributed by atoms with Crippen LogP contribution in [0.15, 0.2) is 12.2 Å². The van der Waals surface area contributed by atoms with Gasteiger partial charge in [-0.25, -0.2) is 0 Å². The molecule has 0 amide bonds. The molecule has 0 saturated heterocycles. The summed E-state index contributed by atoms with van der Waals surface area (Å²) < 4.78 is 6.54. The third kappa shape index (κ3) is 30.5. The summed E-state index contributed by atoms with van der Waals surface area (Å²) in [5, 5.41) is 2.85. The van der Waals surface area contributed by atoms with E-state index in [4.69, 9.17) is 3.79 Å². The minimum Gasteiger partial charge on any atom is -0.500 e. The van der Waals surface area contributed by atoms with E-state index in [9.17, 15) is 0 Å². The van der Waals surface area contributed by atoms with E-state index in [0.29, 0.717) is 0 Å². The molecule has 1 nitrogen and oxygen atoms in total. The highest BCUT2D eigenvalue weighted by molar-refractivity contribution is 6.51. The first-order valence-corrected chi connectivity index (χ1v) is 19.2. The van der Waals surface area contributed by atoms with Gasteiger partial charge in [-0.1, -0.05) is 191 Å². The van der Waals surface area contributed by atoms with Gasteiger partial charge >= 0.3 is 14.5 Å². The summed E-state index contributed by atoms with van der Waals surface area (Å²) in [4.78, 5) is 0. The van der Waals surface area contributed by atoms with E-state index in [2.05, 4.69) is 32.9 Å². The van der Waals surface area contributed by atoms with E-state index in [1.807, 2.05) is 0 Å². The Balaban J connectivity index is 3.89. The summed E-state index contributed by atoms with van der Waals surface area (Å²) in [6.07, 6.45) is 41.5. The smallest absolute Gasteiger partial charge is 0.460 e. The Kier molecular flexibility index (Phi) is 33.5. The average Bonchev–Trinajstić information content (AvgIpc) is 2.89. The lowest BCUT2D eigenvalue weighted by Gasteiger charge is -2.13. The van der Waals surface area contributed by atoms with Gasteiger partial charge in [-0.2, -0.15) is 0 Å². The van der Waals surface area contributed by atoms with Crippen LogP contribution in [-0.2, 0) is 3.79 Å². The molecule has 36 heavy (non-hydrogen) atoms. The lowest BCUT2D eigenvalue weighted by Crippen LogP contribution is -2.18. The largest absolute Gasteiger partial charge is 0.500 e. The molecule has 0 radical (unpaired) electrons. The maximum atomic E-state index is 6.54. The molecule has 0 aliphatic heterocycles. The Morgan fingerprint density at radius 1 is 0.389 bits per heavy atom. The van der Waals surface area contributed by atoms with Crippen molar-refractivity contribution >= 4 is 14.5 Å². The Labute approximate surface area is 234 Å². The molecule has 0 N–H and O–H groups in total. The van der Waals surface area contributed by atoms with Gasteiger partial charge in [0.1, 0.15) is 0 Å². The molecule has 0 aromatic carbocycles. The fraction of sp³-hybridized carbons (Fsp3) is 0.941. The third-order valence-corrected chi connectivity index (χ3v) is 10.6. The summed E-state index contributed by atoms with van der Waals surface area (Å²) in [6.45, 7) is 7.90. The van der Waals surface area contributed by atoms with Crippen LogP contribution in [0.2, 0.25) is 10.6 Å². The number of unbranched alkanes of at least 4 members (excludes halogenated alkanes) is 22. The van der Waals surface area contributed by atoms with Crippen molar-refractivity contribution in [2.24, 2.45) is 0 Å². The monoisotopic (exact) mass is 521 g/mol. The molecule has 2 heteroatoms. The maximum Gasteiger partial charge on any atom is 0.460 e. The van der Waals surface area contributed by atoms with Crippen LogP contribution >= 0.6 is 0 Å². The summed E-state index contributed by atoms with van der Waals surface area (Å²) in [5.41, 5.74) is 0. The maximum absolute atomic E-state index is 6.54. The molecule has 0 atom stereocenters. The van der Waals surface area contributed by atoms with E-state index < -0.39 is 14.5 Å². The number of hydrogen-bond donors (Lipinski definition) is 0. The van der Waals surface area contributed by atoms with Gasteiger partial charge in [0.05, 0.1) is 0 Å². The fourth-order valence-corrected chi connectivity index (χ4v) is 7.84. The minimum absolute atomic E-state index is 0.985. The van der Waals surface area contributed by atoms with Crippen molar-refractivity contribution in [2.45, 2.75) is 198 Å². The standard InChI is InChI=1S/C14H27O.2C10H21.Al/c1-2-3-4-5-6-7-8-9-10-11-12-13-14-15;2*1-3-5-7-9-10-8-6-4-2;/h11-12H,2-10,13-14H2,1H3;2*1,3-10H2,2H3;/q-1;;;+1. The molecule has 0 heterocycles. The predicted octanol–water partition coefficient (Wildman–Crippen LogP) is 12.8. The molecule has 0 unspecified atom stereocenters. The highest BCUT2D eigenvalue weighted by Crippen LogP contribution is 2.17. The topological polar surface area (TPSA) is 9.23 Å². The van der Waals surface area contributed by atoms with Crippen molar-refractivity contribution in [3.05, 3.63) is 12.2 Å². The summed E-state index contributed by atoms with van der Waals surface area (Å²) in [6, 6.07) is 0. The first kappa shape index (κ1) is 36.2. The number of hydrogen-bond acceptors (Lipinski definition) is 1. The zero-order valence-electron chi connectivity index (χ0n) is 25.6. The van der Waals surface area contributed by atoms with Crippen molar-refractivity contribution < 1.29 is 3.79 Å². The van der Waals surface area contributed by atoms with Gasteiger partial charge in [0.2, 0.25) is 0 Å². The summed E-state index contributed by atoms with van der Waals surface area (Å²) in [5.74, 6) is 0. The van der Waals surface area contributed by atoms with Crippen LogP contribution in [0.3, 0.4) is 0 Å². The van der Waals surface area contributed by atoms with Crippen LogP contribution in [0.5, 0.6) is 0 Å². The van der Waals surface area contributed by atoms with Gasteiger partial charge in [-0.3, -0.25) is 0 Å². The van der Waals surface area contributed by atoms with Crippen LogP contribution in [0.1, 0.15) is 188 Å². The molecule has 0 aliphatic carbocycles. The van der Waals surface area contributed by atoms with Gasteiger partial charge in [0.25, 0.3) is 0 Å². The fourth-order valence-electron chi connectivity index (χ4n) is 5.26. The molecule has 0 bridgehead atoms. The van der Waals surface area contributed by atoms with E-state index in [0.717, 1.165) is 13.0 Å². The Hall–Kier alpha value is 0.232. The number of allylic oxidation sites excluding steroid dienone is 1. The van der Waals surface area contributed by atoms with Crippen LogP contribution in [-0.4, -0.2) is 21.1 Å². The van der Waals surface area contributed by atoms with Gasteiger partial charge < -0.3 is 3.79 Å². The van der Waals surface area contributed by atoms with Gasteiger partial charge in [0.15, 0.2) is 0 Å². The molecule has 0 saturated carbocycles. The molecule has 214 valence electrons. The minimum atomic E-state index is -0.994. The molecule has 0 aromatic rings. The molecule has 0 rings (SSSR count). The first-order chi connectivity index (χ1) is 17.8. The summed E-state index contributed by atoms with van der Waals surface area (Å²) in [7, 11) is 0. The van der Waals surface area contributed by atoms with Crippen LogP contribution < -0.4 is 0 Å². The lowest BCUT2D eigenvalue weighted by molar-refractivity contribution is 0.322. The Morgan fingerprint density at radius 2 is 0.722 bits per heavy atom. The van der Waals surface area contributed by atoms with Crippen LogP contribution in [0.4, 0.5) is 0 Å². The van der Waals surface area contributed by atoms with Crippen molar-refractivity contribution in [3.63, 3.8) is 0 Å². The molecule has 0 aromatic heterocycles. The Bertz CT molecular complexity index is 388. The van der Waals surface area contributed by atoms with E-state index in [1.54, 1.807) is 0 Å². The highest BCUT2D eigenvalue weighted by atomic mass is 27.2. The van der Waals surface area contributed by atoms with E-state index in [-0.39, 0.29) is 0 Å². The van der Waals surface area contributed by atoms with Crippen molar-refractivity contribution in [1.82, 2.24) is 0 Å². The normalized spacial score (nSPS) is 11.6. The van der Waals surface area contributed by atoms with Crippen molar-refractivity contribution in [2.75, 3.05) is 6.61 Å². The van der Waals surface area contributed by atoms with E-state index >= 15 is 0 Å². The predicted molar refractivity (Wildman–Crippen MR) is 168 cm³/mol. The average molecular weight is 521 g/mol. The molecule has 0 aliphatic rings. The lowest BCUT2D eigenvalue weighted by atomic mass is 10.1. The van der Waals surface area contributed by atoms with Crippen LogP contribution in [0.25, 0.3) is 0 Å². The van der Waals surface area contributed by atoms with Crippen molar-refractivity contribution in [3.8, 4) is 0 Å². The Morgan fingerprint density at radius 3 is 1.14 bits per heavy atom. The van der Waals surface area contributed by atoms with E-state index in [1.165, 1.54) is 171 Å². The second kappa shape index (κ2) is 33.3. The zero-order valence-corrected chi connectivity index (χ0v) is 26.8. The van der Waals surface area contributed by atoms with Gasteiger partial charge in [0, 0.05) is 6.61 Å². The van der Waals surface area contributed by atoms with Gasteiger partial charge in [-0.05, 0) is 19.3 Å². The third-order valence-electron chi connectivity index (χ3n) is 7.79.